The molecule has 9 heteroatoms. The van der Waals surface area contributed by atoms with Gasteiger partial charge in [-0.05, 0) is 46.2 Å². The predicted octanol–water partition coefficient (Wildman–Crippen LogP) is 2.65. The van der Waals surface area contributed by atoms with Gasteiger partial charge in [0.2, 0.25) is 11.9 Å². The van der Waals surface area contributed by atoms with Crippen molar-refractivity contribution in [2.24, 2.45) is 0 Å². The van der Waals surface area contributed by atoms with Crippen LogP contribution in [0.4, 0.5) is 17.3 Å². The van der Waals surface area contributed by atoms with Gasteiger partial charge < -0.3 is 24.3 Å². The van der Waals surface area contributed by atoms with E-state index in [0.29, 0.717) is 18.1 Å². The van der Waals surface area contributed by atoms with E-state index in [1.165, 1.54) is 0 Å². The highest BCUT2D eigenvalue weighted by molar-refractivity contribution is 6.61. The van der Waals surface area contributed by atoms with Crippen LogP contribution >= 0.6 is 0 Å². The zero-order valence-electron chi connectivity index (χ0n) is 18.1. The smallest absolute Gasteiger partial charge is 0.494 e. The first-order valence-corrected chi connectivity index (χ1v) is 10.1. The van der Waals surface area contributed by atoms with Crippen molar-refractivity contribution < 1.29 is 18.8 Å². The molecular weight excluding hydrogens is 383 g/mol. The van der Waals surface area contributed by atoms with Gasteiger partial charge in [0, 0.05) is 42.6 Å². The molecule has 158 valence electrons. The van der Waals surface area contributed by atoms with Gasteiger partial charge in [-0.2, -0.15) is 0 Å². The van der Waals surface area contributed by atoms with Gasteiger partial charge >= 0.3 is 7.12 Å². The van der Waals surface area contributed by atoms with Crippen LogP contribution in [0.1, 0.15) is 40.5 Å². The maximum Gasteiger partial charge on any atom is 0.498 e. The highest BCUT2D eigenvalue weighted by atomic mass is 16.7. The average Bonchev–Trinajstić information content (AvgIpc) is 3.22. The van der Waals surface area contributed by atoms with Gasteiger partial charge in [0.05, 0.1) is 24.0 Å². The molecule has 2 aromatic rings. The van der Waals surface area contributed by atoms with E-state index in [1.54, 1.807) is 24.4 Å². The summed E-state index contributed by atoms with van der Waals surface area (Å²) < 4.78 is 17.6. The Bertz CT molecular complexity index is 933. The summed E-state index contributed by atoms with van der Waals surface area (Å²) >= 11 is 0. The number of nitrogens with zero attached hydrogens (tertiary/aromatic N) is 3. The lowest BCUT2D eigenvalue weighted by Crippen LogP contribution is -2.41. The number of methoxy groups -OCH3 is 1. The van der Waals surface area contributed by atoms with Crippen LogP contribution in [-0.2, 0) is 14.1 Å². The quantitative estimate of drug-likeness (QED) is 0.759. The van der Waals surface area contributed by atoms with Crippen LogP contribution in [0.15, 0.2) is 30.6 Å². The molecule has 0 unspecified atom stereocenters. The van der Waals surface area contributed by atoms with Crippen LogP contribution in [-0.4, -0.2) is 47.9 Å². The number of hydrogen-bond donors (Lipinski definition) is 1. The lowest BCUT2D eigenvalue weighted by molar-refractivity contribution is -0.117. The predicted molar refractivity (Wildman–Crippen MR) is 116 cm³/mol. The first-order valence-electron chi connectivity index (χ1n) is 10.1. The van der Waals surface area contributed by atoms with Crippen molar-refractivity contribution in [1.29, 1.82) is 0 Å². The van der Waals surface area contributed by atoms with E-state index in [0.717, 1.165) is 29.8 Å². The van der Waals surface area contributed by atoms with Crippen molar-refractivity contribution in [3.63, 3.8) is 0 Å². The first kappa shape index (κ1) is 20.6. The summed E-state index contributed by atoms with van der Waals surface area (Å²) in [6, 6.07) is 5.61. The van der Waals surface area contributed by atoms with Crippen molar-refractivity contribution in [1.82, 2.24) is 9.97 Å². The minimum Gasteiger partial charge on any atom is -0.494 e. The molecule has 2 fully saturated rings. The van der Waals surface area contributed by atoms with Crippen LogP contribution in [0.2, 0.25) is 0 Å². The lowest BCUT2D eigenvalue weighted by atomic mass is 9.81. The second-order valence-electron chi connectivity index (χ2n) is 8.59. The highest BCUT2D eigenvalue weighted by Crippen LogP contribution is 2.36. The molecule has 0 atom stereocenters. The van der Waals surface area contributed by atoms with Crippen molar-refractivity contribution in [3.05, 3.63) is 30.6 Å². The maximum atomic E-state index is 12.0. The van der Waals surface area contributed by atoms with Gasteiger partial charge in [-0.15, -0.1) is 0 Å². The van der Waals surface area contributed by atoms with Crippen molar-refractivity contribution in [2.45, 2.75) is 51.7 Å². The highest BCUT2D eigenvalue weighted by Gasteiger charge is 2.51. The van der Waals surface area contributed by atoms with Gasteiger partial charge in [-0.3, -0.25) is 4.79 Å². The fourth-order valence-electron chi connectivity index (χ4n) is 3.50. The Morgan fingerprint density at radius 1 is 1.13 bits per heavy atom. The average molecular weight is 410 g/mol. The summed E-state index contributed by atoms with van der Waals surface area (Å²) in [5.41, 5.74) is 1.48. The molecule has 30 heavy (non-hydrogen) atoms. The number of carbonyl (C=O) groups excluding carboxylic acids is 1. The Labute approximate surface area is 177 Å². The summed E-state index contributed by atoms with van der Waals surface area (Å²) in [7, 11) is 1.09. The largest absolute Gasteiger partial charge is 0.498 e. The summed E-state index contributed by atoms with van der Waals surface area (Å²) in [5, 5.41) is 3.17. The molecule has 1 aromatic carbocycles. The minimum atomic E-state index is -0.504. The molecular formula is C21H27BN4O4. The third-order valence-electron chi connectivity index (χ3n) is 6.01. The zero-order chi connectivity index (χ0) is 21.5. The number of carbonyl (C=O) groups is 1. The topological polar surface area (TPSA) is 85.8 Å². The van der Waals surface area contributed by atoms with E-state index < -0.39 is 18.3 Å². The molecule has 0 saturated carbocycles. The molecule has 2 aliphatic heterocycles. The molecule has 0 aliphatic carbocycles. The number of benzene rings is 1. The van der Waals surface area contributed by atoms with E-state index in [-0.39, 0.29) is 5.91 Å². The van der Waals surface area contributed by atoms with Crippen LogP contribution in [0.25, 0.3) is 0 Å². The summed E-state index contributed by atoms with van der Waals surface area (Å²) in [6.45, 7) is 8.77. The summed E-state index contributed by atoms with van der Waals surface area (Å²) in [4.78, 5) is 22.6. The number of hydrogen-bond acceptors (Lipinski definition) is 7. The molecule has 4 rings (SSSR count). The van der Waals surface area contributed by atoms with E-state index in [4.69, 9.17) is 14.0 Å². The van der Waals surface area contributed by atoms with Crippen molar-refractivity contribution in [2.75, 3.05) is 23.9 Å². The summed E-state index contributed by atoms with van der Waals surface area (Å²) in [6.07, 6.45) is 4.86. The number of rotatable bonds is 5. The molecule has 2 aliphatic rings. The third-order valence-corrected chi connectivity index (χ3v) is 6.01. The molecule has 0 radical (unpaired) electrons. The van der Waals surface area contributed by atoms with Crippen LogP contribution < -0.4 is 20.4 Å². The number of anilines is 3. The number of ether oxygens (including phenoxy) is 1. The molecule has 3 heterocycles. The summed E-state index contributed by atoms with van der Waals surface area (Å²) in [5.74, 6) is 1.18. The SMILES string of the molecule is COc1cc(N2CCCC2=O)ccc1Nc1ncc(B2OC(C)(C)C(C)(C)O2)cn1. The third kappa shape index (κ3) is 3.75. The first-order chi connectivity index (χ1) is 14.2. The van der Waals surface area contributed by atoms with Crippen molar-refractivity contribution >= 4 is 35.8 Å². The Balaban J connectivity index is 1.49. The molecule has 1 amide bonds. The van der Waals surface area contributed by atoms with Gasteiger partial charge in [0.1, 0.15) is 5.75 Å². The van der Waals surface area contributed by atoms with E-state index in [1.807, 2.05) is 45.9 Å². The number of nitrogens with one attached hydrogen (secondary N) is 1. The molecule has 8 nitrogen and oxygen atoms in total. The Hall–Kier alpha value is -2.65. The molecule has 0 bridgehead atoms. The fraction of sp³-hybridized carbons (Fsp3) is 0.476. The standard InChI is InChI=1S/C21H27BN4O4/c1-20(2)21(3,4)30-22(29-20)14-12-23-19(24-13-14)25-16-9-8-15(11-17(16)28-5)26-10-6-7-18(26)27/h8-9,11-13H,6-7,10H2,1-5H3,(H,23,24,25). The second kappa shape index (κ2) is 7.56. The second-order valence-corrected chi connectivity index (χ2v) is 8.59. The lowest BCUT2D eigenvalue weighted by Gasteiger charge is -2.32. The van der Waals surface area contributed by atoms with Gasteiger partial charge in [-0.1, -0.05) is 0 Å². The normalized spacial score (nSPS) is 20.0. The van der Waals surface area contributed by atoms with Crippen LogP contribution in [0.5, 0.6) is 5.75 Å². The van der Waals surface area contributed by atoms with Gasteiger partial charge in [0.25, 0.3) is 0 Å². The molecule has 1 N–H and O–H groups in total. The van der Waals surface area contributed by atoms with E-state index >= 15 is 0 Å². The molecule has 2 saturated heterocycles. The molecule has 0 spiro atoms. The Kier molecular flexibility index (Phi) is 5.19. The van der Waals surface area contributed by atoms with Crippen LogP contribution in [0, 0.1) is 0 Å². The fourth-order valence-corrected chi connectivity index (χ4v) is 3.50. The minimum absolute atomic E-state index is 0.138. The van der Waals surface area contributed by atoms with Gasteiger partial charge in [0.15, 0.2) is 0 Å². The van der Waals surface area contributed by atoms with E-state index in [2.05, 4.69) is 15.3 Å². The zero-order valence-corrected chi connectivity index (χ0v) is 18.1. The number of amides is 1. The van der Waals surface area contributed by atoms with E-state index in [9.17, 15) is 4.79 Å². The maximum absolute atomic E-state index is 12.0. The van der Waals surface area contributed by atoms with Gasteiger partial charge in [-0.25, -0.2) is 9.97 Å². The van der Waals surface area contributed by atoms with Crippen molar-refractivity contribution in [3.8, 4) is 5.75 Å². The Morgan fingerprint density at radius 3 is 2.37 bits per heavy atom. The molecule has 1 aromatic heterocycles. The Morgan fingerprint density at radius 2 is 1.80 bits per heavy atom. The van der Waals surface area contributed by atoms with Crippen LogP contribution in [0.3, 0.4) is 0 Å². The monoisotopic (exact) mass is 410 g/mol. The number of aromatic nitrogens is 2.